The minimum absolute atomic E-state index is 0.184. The highest BCUT2D eigenvalue weighted by Gasteiger charge is 2.10. The van der Waals surface area contributed by atoms with Crippen molar-refractivity contribution in [2.75, 3.05) is 6.54 Å². The summed E-state index contributed by atoms with van der Waals surface area (Å²) in [6, 6.07) is 13.0. The monoisotopic (exact) mass is 436 g/mol. The number of aryl methyl sites for hydroxylation is 1. The Hall–Kier alpha value is -3.10. The van der Waals surface area contributed by atoms with Gasteiger partial charge in [0.2, 0.25) is 0 Å². The lowest BCUT2D eigenvalue weighted by Gasteiger charge is -2.08. The third-order valence-corrected chi connectivity index (χ3v) is 6.17. The maximum absolute atomic E-state index is 12.6. The van der Waals surface area contributed by atoms with Crippen LogP contribution in [0.3, 0.4) is 0 Å². The van der Waals surface area contributed by atoms with E-state index in [4.69, 9.17) is 12.2 Å². The molecular weight excluding hydrogens is 416 g/mol. The van der Waals surface area contributed by atoms with Crippen molar-refractivity contribution < 1.29 is 4.79 Å². The summed E-state index contributed by atoms with van der Waals surface area (Å²) in [5.41, 5.74) is 1.85. The summed E-state index contributed by atoms with van der Waals surface area (Å²) < 4.78 is 2.92. The Morgan fingerprint density at radius 2 is 2.13 bits per heavy atom. The summed E-state index contributed by atoms with van der Waals surface area (Å²) in [6.07, 6.45) is 3.23. The number of amides is 1. The van der Waals surface area contributed by atoms with Crippen molar-refractivity contribution in [2.24, 2.45) is 0 Å². The molecule has 0 bridgehead atoms. The van der Waals surface area contributed by atoms with Gasteiger partial charge in [0.15, 0.2) is 4.77 Å². The quantitative estimate of drug-likeness (QED) is 0.258. The summed E-state index contributed by atoms with van der Waals surface area (Å²) in [5.74, 6) is -0.184. The number of rotatable bonds is 7. The molecule has 2 aromatic heterocycles. The molecule has 152 valence electrons. The van der Waals surface area contributed by atoms with Crippen molar-refractivity contribution >= 4 is 50.6 Å². The number of nitrogens with zero attached hydrogens (tertiary/aromatic N) is 2. The molecule has 0 radical (unpaired) electrons. The Kier molecular flexibility index (Phi) is 5.87. The van der Waals surface area contributed by atoms with Gasteiger partial charge >= 0.3 is 0 Å². The fourth-order valence-corrected chi connectivity index (χ4v) is 4.54. The van der Waals surface area contributed by atoms with Crippen LogP contribution >= 0.6 is 23.6 Å². The van der Waals surface area contributed by atoms with Crippen LogP contribution in [0, 0.1) is 4.77 Å². The van der Waals surface area contributed by atoms with Crippen molar-refractivity contribution in [1.82, 2.24) is 19.9 Å². The van der Waals surface area contributed by atoms with Crippen LogP contribution in [0.2, 0.25) is 0 Å². The van der Waals surface area contributed by atoms with Crippen LogP contribution in [0.25, 0.3) is 21.1 Å². The van der Waals surface area contributed by atoms with E-state index in [-0.39, 0.29) is 11.5 Å². The van der Waals surface area contributed by atoms with E-state index in [2.05, 4.69) is 27.9 Å². The van der Waals surface area contributed by atoms with E-state index in [1.807, 2.05) is 18.2 Å². The van der Waals surface area contributed by atoms with E-state index < -0.39 is 0 Å². The van der Waals surface area contributed by atoms with Crippen LogP contribution in [0.5, 0.6) is 0 Å². The number of fused-ring (bicyclic) bond motifs is 2. The standard InChI is InChI=1S/C22H20N4O2S2/c1-2-12-26-21(28)15-10-9-14(13-17(15)25-22(26)29)20(27)23-11-5-8-19-24-16-6-3-4-7-18(16)30-19/h2-4,6-7,9-10,13H,1,5,8,11-12H2,(H,23,27)(H,25,29). The first-order chi connectivity index (χ1) is 14.6. The van der Waals surface area contributed by atoms with E-state index in [1.54, 1.807) is 35.6 Å². The average molecular weight is 437 g/mol. The molecule has 8 heteroatoms. The highest BCUT2D eigenvalue weighted by molar-refractivity contribution is 7.71. The van der Waals surface area contributed by atoms with E-state index >= 15 is 0 Å². The van der Waals surface area contributed by atoms with Crippen molar-refractivity contribution in [3.05, 3.63) is 80.8 Å². The van der Waals surface area contributed by atoms with E-state index in [9.17, 15) is 9.59 Å². The predicted octanol–water partition coefficient (Wildman–Crippen LogP) is 4.22. The summed E-state index contributed by atoms with van der Waals surface area (Å²) in [6.45, 7) is 4.52. The number of carbonyl (C=O) groups is 1. The number of H-pyrrole nitrogens is 1. The maximum Gasteiger partial charge on any atom is 0.262 e. The molecule has 0 saturated heterocycles. The lowest BCUT2D eigenvalue weighted by molar-refractivity contribution is 0.0953. The van der Waals surface area contributed by atoms with Crippen molar-refractivity contribution in [1.29, 1.82) is 0 Å². The SMILES string of the molecule is C=CCn1c(=S)[nH]c2cc(C(=O)NCCCc3nc4ccccc4s3)ccc2c1=O. The molecule has 30 heavy (non-hydrogen) atoms. The van der Waals surface area contributed by atoms with Crippen LogP contribution in [-0.4, -0.2) is 27.0 Å². The molecular formula is C22H20N4O2S2. The van der Waals surface area contributed by atoms with Crippen LogP contribution in [0.15, 0.2) is 59.9 Å². The Morgan fingerprint density at radius 1 is 1.30 bits per heavy atom. The fraction of sp³-hybridized carbons (Fsp3) is 0.182. The zero-order valence-electron chi connectivity index (χ0n) is 16.2. The first-order valence-electron chi connectivity index (χ1n) is 9.57. The zero-order valence-corrected chi connectivity index (χ0v) is 17.8. The molecule has 0 aliphatic carbocycles. The number of allylic oxidation sites excluding steroid dienone is 1. The van der Waals surface area contributed by atoms with E-state index in [0.29, 0.717) is 34.3 Å². The lowest BCUT2D eigenvalue weighted by atomic mass is 10.1. The molecule has 4 aromatic rings. The number of hydrogen-bond donors (Lipinski definition) is 2. The number of aromatic amines is 1. The van der Waals surface area contributed by atoms with Crippen molar-refractivity contribution in [3.8, 4) is 0 Å². The smallest absolute Gasteiger partial charge is 0.262 e. The Balaban J connectivity index is 1.41. The molecule has 2 aromatic carbocycles. The van der Waals surface area contributed by atoms with Gasteiger partial charge in [-0.1, -0.05) is 18.2 Å². The molecule has 0 aliphatic heterocycles. The van der Waals surface area contributed by atoms with Crippen molar-refractivity contribution in [3.63, 3.8) is 0 Å². The van der Waals surface area contributed by atoms with Crippen LogP contribution in [0.4, 0.5) is 0 Å². The van der Waals surface area contributed by atoms with Crippen LogP contribution in [0.1, 0.15) is 21.8 Å². The largest absolute Gasteiger partial charge is 0.352 e. The summed E-state index contributed by atoms with van der Waals surface area (Å²) in [4.78, 5) is 32.7. The summed E-state index contributed by atoms with van der Waals surface area (Å²) >= 11 is 6.94. The summed E-state index contributed by atoms with van der Waals surface area (Å²) in [7, 11) is 0. The molecule has 0 fully saturated rings. The van der Waals surface area contributed by atoms with E-state index in [0.717, 1.165) is 23.4 Å². The van der Waals surface area contributed by atoms with Gasteiger partial charge in [0.1, 0.15) is 0 Å². The van der Waals surface area contributed by atoms with Gasteiger partial charge in [-0.2, -0.15) is 0 Å². The third kappa shape index (κ3) is 4.10. The highest BCUT2D eigenvalue weighted by atomic mass is 32.1. The fourth-order valence-electron chi connectivity index (χ4n) is 3.26. The maximum atomic E-state index is 12.6. The molecule has 0 saturated carbocycles. The number of para-hydroxylation sites is 1. The first kappa shape index (κ1) is 20.2. The summed E-state index contributed by atoms with van der Waals surface area (Å²) in [5, 5.41) is 4.48. The van der Waals surface area contributed by atoms with Gasteiger partial charge < -0.3 is 10.3 Å². The number of hydrogen-bond acceptors (Lipinski definition) is 5. The predicted molar refractivity (Wildman–Crippen MR) is 124 cm³/mol. The Labute approximate surface area is 181 Å². The molecule has 1 amide bonds. The number of thiazole rings is 1. The van der Waals surface area contributed by atoms with Gasteiger partial charge in [-0.25, -0.2) is 4.98 Å². The average Bonchev–Trinajstić information content (AvgIpc) is 3.16. The lowest BCUT2D eigenvalue weighted by Crippen LogP contribution is -2.25. The van der Waals surface area contributed by atoms with Gasteiger partial charge in [-0.15, -0.1) is 17.9 Å². The number of aromatic nitrogens is 3. The van der Waals surface area contributed by atoms with Gasteiger partial charge in [-0.05, 0) is 49.0 Å². The van der Waals surface area contributed by atoms with Crippen molar-refractivity contribution in [2.45, 2.75) is 19.4 Å². The molecule has 0 spiro atoms. The molecule has 6 nitrogen and oxygen atoms in total. The van der Waals surface area contributed by atoms with E-state index in [1.165, 1.54) is 9.27 Å². The number of carbonyl (C=O) groups excluding carboxylic acids is 1. The van der Waals surface area contributed by atoms with Crippen LogP contribution < -0.4 is 10.9 Å². The molecule has 0 atom stereocenters. The second-order valence-corrected chi connectivity index (χ2v) is 8.33. The molecule has 0 unspecified atom stereocenters. The topological polar surface area (TPSA) is 79.8 Å². The second-order valence-electron chi connectivity index (χ2n) is 6.83. The number of nitrogens with one attached hydrogen (secondary N) is 2. The van der Waals surface area contributed by atoms with Gasteiger partial charge in [-0.3, -0.25) is 14.2 Å². The first-order valence-corrected chi connectivity index (χ1v) is 10.8. The Bertz CT molecular complexity index is 1330. The third-order valence-electron chi connectivity index (χ3n) is 4.75. The molecule has 2 N–H and O–H groups in total. The highest BCUT2D eigenvalue weighted by Crippen LogP contribution is 2.22. The number of benzene rings is 2. The molecule has 2 heterocycles. The van der Waals surface area contributed by atoms with Gasteiger partial charge in [0, 0.05) is 25.1 Å². The molecule has 4 rings (SSSR count). The van der Waals surface area contributed by atoms with Crippen LogP contribution in [-0.2, 0) is 13.0 Å². The van der Waals surface area contributed by atoms with Gasteiger partial charge in [0.05, 0.1) is 26.1 Å². The zero-order chi connectivity index (χ0) is 21.1. The molecule has 0 aliphatic rings. The Morgan fingerprint density at radius 3 is 2.93 bits per heavy atom. The van der Waals surface area contributed by atoms with Gasteiger partial charge in [0.25, 0.3) is 11.5 Å². The minimum Gasteiger partial charge on any atom is -0.352 e. The second kappa shape index (κ2) is 8.73. The minimum atomic E-state index is -0.198. The normalized spacial score (nSPS) is 11.1.